The molecule has 1 N–H and O–H groups in total. The normalized spacial score (nSPS) is 11.2. The number of H-pyrrole nitrogens is 1. The van der Waals surface area contributed by atoms with E-state index in [-0.39, 0.29) is 5.69 Å². The Hall–Kier alpha value is -3.26. The predicted molar refractivity (Wildman–Crippen MR) is 120 cm³/mol. The zero-order chi connectivity index (χ0) is 21.8. The number of halogens is 1. The zero-order valence-electron chi connectivity index (χ0n) is 17.5. The average molecular weight is 438 g/mol. The quantitative estimate of drug-likeness (QED) is 0.422. The molecule has 0 aliphatic carbocycles. The van der Waals surface area contributed by atoms with Gasteiger partial charge >= 0.3 is 5.69 Å². The van der Waals surface area contributed by atoms with E-state index in [1.165, 1.54) is 4.57 Å². The molecule has 0 saturated carbocycles. The van der Waals surface area contributed by atoms with Crippen molar-refractivity contribution in [2.45, 2.75) is 39.2 Å². The Morgan fingerprint density at radius 1 is 1.10 bits per heavy atom. The van der Waals surface area contributed by atoms with Crippen molar-refractivity contribution in [2.24, 2.45) is 7.05 Å². The minimum atomic E-state index is -0.108. The highest BCUT2D eigenvalue weighted by Gasteiger charge is 2.17. The van der Waals surface area contributed by atoms with E-state index in [0.29, 0.717) is 17.5 Å². The van der Waals surface area contributed by atoms with Gasteiger partial charge in [-0.3, -0.25) is 14.1 Å². The van der Waals surface area contributed by atoms with Crippen LogP contribution < -0.4 is 5.69 Å². The van der Waals surface area contributed by atoms with Gasteiger partial charge < -0.3 is 0 Å². The van der Waals surface area contributed by atoms with E-state index in [1.807, 2.05) is 36.4 Å². The lowest BCUT2D eigenvalue weighted by molar-refractivity contribution is 0.648. The van der Waals surface area contributed by atoms with Crippen molar-refractivity contribution in [3.63, 3.8) is 0 Å². The van der Waals surface area contributed by atoms with E-state index in [1.54, 1.807) is 17.8 Å². The van der Waals surface area contributed by atoms with Gasteiger partial charge in [0, 0.05) is 24.4 Å². The summed E-state index contributed by atoms with van der Waals surface area (Å²) < 4.78 is 3.26. The van der Waals surface area contributed by atoms with Gasteiger partial charge in [0.25, 0.3) is 0 Å². The first-order chi connectivity index (χ1) is 15.1. The van der Waals surface area contributed by atoms with Crippen LogP contribution in [0.4, 0.5) is 0 Å². The summed E-state index contributed by atoms with van der Waals surface area (Å²) in [6, 6.07) is 11.7. The van der Waals surface area contributed by atoms with Crippen LogP contribution in [0.5, 0.6) is 0 Å². The lowest BCUT2D eigenvalue weighted by atomic mass is 10.0. The molecule has 0 saturated heterocycles. The number of imidazole rings is 1. The summed E-state index contributed by atoms with van der Waals surface area (Å²) in [6.07, 6.45) is 5.81. The van der Waals surface area contributed by atoms with Gasteiger partial charge in [0.05, 0.1) is 17.9 Å². The van der Waals surface area contributed by atoms with E-state index < -0.39 is 0 Å². The Morgan fingerprint density at radius 2 is 1.90 bits per heavy atom. The predicted octanol–water partition coefficient (Wildman–Crippen LogP) is 3.86. The number of nitrogens with zero attached hydrogens (tertiary/aromatic N) is 6. The van der Waals surface area contributed by atoms with Gasteiger partial charge in [0.15, 0.2) is 5.82 Å². The Kier molecular flexibility index (Phi) is 6.27. The monoisotopic (exact) mass is 437 g/mol. The van der Waals surface area contributed by atoms with Gasteiger partial charge in [-0.1, -0.05) is 61.7 Å². The molecule has 9 heteroatoms. The molecule has 0 aliphatic heterocycles. The van der Waals surface area contributed by atoms with Gasteiger partial charge in [-0.2, -0.15) is 0 Å². The van der Waals surface area contributed by atoms with Crippen LogP contribution in [0.15, 0.2) is 47.4 Å². The molecule has 31 heavy (non-hydrogen) atoms. The molecule has 0 aliphatic rings. The second-order valence-corrected chi connectivity index (χ2v) is 7.83. The maximum absolute atomic E-state index is 12.7. The lowest BCUT2D eigenvalue weighted by Gasteiger charge is -2.10. The van der Waals surface area contributed by atoms with Gasteiger partial charge in [-0.15, -0.1) is 5.10 Å². The SMILES string of the molecule is CCCCCc1c(Cl)n(C)c(=O)n1Cc1ccc(-c2ccccc2-c2nnn[nH]2)nc1. The van der Waals surface area contributed by atoms with Gasteiger partial charge in [-0.05, 0) is 34.9 Å². The number of pyridine rings is 1. The van der Waals surface area contributed by atoms with Crippen LogP contribution in [0, 0.1) is 0 Å². The zero-order valence-corrected chi connectivity index (χ0v) is 18.3. The number of hydrogen-bond donors (Lipinski definition) is 1. The van der Waals surface area contributed by atoms with Crippen LogP contribution in [-0.4, -0.2) is 34.7 Å². The van der Waals surface area contributed by atoms with E-state index in [4.69, 9.17) is 11.6 Å². The number of rotatable bonds is 8. The molecule has 0 spiro atoms. The standard InChI is InChI=1S/C22H24ClN7O/c1-3-4-5-10-19-20(23)29(2)22(31)30(19)14-15-11-12-18(24-13-15)16-8-6-7-9-17(16)21-25-27-28-26-21/h6-9,11-13H,3-5,10,14H2,1-2H3,(H,25,26,27,28). The number of unbranched alkanes of at least 4 members (excludes halogenated alkanes) is 2. The van der Waals surface area contributed by atoms with Crippen LogP contribution in [0.3, 0.4) is 0 Å². The van der Waals surface area contributed by atoms with E-state index >= 15 is 0 Å². The maximum Gasteiger partial charge on any atom is 0.329 e. The number of aromatic amines is 1. The van der Waals surface area contributed by atoms with E-state index in [0.717, 1.165) is 53.8 Å². The molecule has 0 unspecified atom stereocenters. The highest BCUT2D eigenvalue weighted by molar-refractivity contribution is 6.30. The highest BCUT2D eigenvalue weighted by Crippen LogP contribution is 2.28. The fourth-order valence-electron chi connectivity index (χ4n) is 3.68. The molecule has 3 heterocycles. The average Bonchev–Trinajstić information content (AvgIpc) is 3.40. The van der Waals surface area contributed by atoms with Gasteiger partial charge in [0.2, 0.25) is 0 Å². The first-order valence-corrected chi connectivity index (χ1v) is 10.7. The topological polar surface area (TPSA) is 94.3 Å². The molecular formula is C22H24ClN7O. The summed E-state index contributed by atoms with van der Waals surface area (Å²) in [6.45, 7) is 2.59. The van der Waals surface area contributed by atoms with Crippen molar-refractivity contribution in [1.29, 1.82) is 0 Å². The first-order valence-electron chi connectivity index (χ1n) is 10.3. The van der Waals surface area contributed by atoms with Crippen LogP contribution in [-0.2, 0) is 20.0 Å². The largest absolute Gasteiger partial charge is 0.329 e. The van der Waals surface area contributed by atoms with E-state index in [2.05, 4.69) is 32.5 Å². The summed E-state index contributed by atoms with van der Waals surface area (Å²) in [5.41, 5.74) is 4.31. The minimum Gasteiger partial charge on any atom is -0.290 e. The first kappa shape index (κ1) is 21.0. The van der Waals surface area contributed by atoms with Crippen LogP contribution >= 0.6 is 11.6 Å². The van der Waals surface area contributed by atoms with Crippen molar-refractivity contribution in [2.75, 3.05) is 0 Å². The molecule has 8 nitrogen and oxygen atoms in total. The fraction of sp³-hybridized carbons (Fsp3) is 0.318. The molecule has 4 aromatic rings. The maximum atomic E-state index is 12.7. The van der Waals surface area contributed by atoms with Crippen LogP contribution in [0.1, 0.15) is 37.4 Å². The molecule has 4 rings (SSSR count). The third-order valence-electron chi connectivity index (χ3n) is 5.36. The fourth-order valence-corrected chi connectivity index (χ4v) is 3.94. The van der Waals surface area contributed by atoms with E-state index in [9.17, 15) is 4.79 Å². The molecule has 0 radical (unpaired) electrons. The molecule has 3 aromatic heterocycles. The Bertz CT molecular complexity index is 1210. The molecule has 1 aromatic carbocycles. The smallest absolute Gasteiger partial charge is 0.290 e. The third-order valence-corrected chi connectivity index (χ3v) is 5.83. The third kappa shape index (κ3) is 4.29. The highest BCUT2D eigenvalue weighted by atomic mass is 35.5. The summed E-state index contributed by atoms with van der Waals surface area (Å²) in [4.78, 5) is 17.4. The number of tetrazole rings is 1. The number of benzene rings is 1. The lowest BCUT2D eigenvalue weighted by Crippen LogP contribution is -2.24. The van der Waals surface area contributed by atoms with Gasteiger partial charge in [0.1, 0.15) is 5.15 Å². The molecule has 0 atom stereocenters. The summed E-state index contributed by atoms with van der Waals surface area (Å²) in [5, 5.41) is 14.6. The molecule has 0 amide bonds. The Balaban J connectivity index is 1.61. The number of aromatic nitrogens is 7. The van der Waals surface area contributed by atoms with Gasteiger partial charge in [-0.25, -0.2) is 9.89 Å². The van der Waals surface area contributed by atoms with Crippen molar-refractivity contribution in [3.05, 3.63) is 69.5 Å². The van der Waals surface area contributed by atoms with Crippen molar-refractivity contribution in [1.82, 2.24) is 34.7 Å². The molecule has 0 bridgehead atoms. The number of nitrogens with one attached hydrogen (secondary N) is 1. The molecular weight excluding hydrogens is 414 g/mol. The summed E-state index contributed by atoms with van der Waals surface area (Å²) >= 11 is 6.44. The summed E-state index contributed by atoms with van der Waals surface area (Å²) in [7, 11) is 1.71. The van der Waals surface area contributed by atoms with Crippen LogP contribution in [0.25, 0.3) is 22.6 Å². The van der Waals surface area contributed by atoms with Crippen molar-refractivity contribution >= 4 is 11.6 Å². The minimum absolute atomic E-state index is 0.108. The number of hydrogen-bond acceptors (Lipinski definition) is 5. The second kappa shape index (κ2) is 9.26. The Morgan fingerprint density at radius 3 is 2.58 bits per heavy atom. The molecule has 160 valence electrons. The van der Waals surface area contributed by atoms with Crippen molar-refractivity contribution < 1.29 is 0 Å². The van der Waals surface area contributed by atoms with Crippen molar-refractivity contribution in [3.8, 4) is 22.6 Å². The second-order valence-electron chi connectivity index (χ2n) is 7.47. The Labute approximate surface area is 184 Å². The molecule has 0 fully saturated rings. The van der Waals surface area contributed by atoms with Crippen LogP contribution in [0.2, 0.25) is 5.15 Å². The summed E-state index contributed by atoms with van der Waals surface area (Å²) in [5.74, 6) is 0.587.